The lowest BCUT2D eigenvalue weighted by molar-refractivity contribution is -0.143. The van der Waals surface area contributed by atoms with E-state index in [-0.39, 0.29) is 24.5 Å². The van der Waals surface area contributed by atoms with Gasteiger partial charge < -0.3 is 15.0 Å². The van der Waals surface area contributed by atoms with Gasteiger partial charge in [-0.2, -0.15) is 0 Å². The first-order valence-corrected chi connectivity index (χ1v) is 11.5. The van der Waals surface area contributed by atoms with Gasteiger partial charge in [0.2, 0.25) is 5.91 Å². The molecule has 2 aromatic carbocycles. The molecule has 0 unspecified atom stereocenters. The lowest BCUT2D eigenvalue weighted by Gasteiger charge is -2.31. The third kappa shape index (κ3) is 7.00. The third-order valence-electron chi connectivity index (χ3n) is 5.16. The Labute approximate surface area is 193 Å². The average molecular weight is 522 g/mol. The molecule has 0 aromatic heterocycles. The van der Waals surface area contributed by atoms with Crippen LogP contribution >= 0.6 is 22.6 Å². The Kier molecular flexibility index (Phi) is 9.62. The Morgan fingerprint density at radius 3 is 2.33 bits per heavy atom. The summed E-state index contributed by atoms with van der Waals surface area (Å²) < 4.78 is 6.82. The maximum Gasteiger partial charge on any atom is 0.261 e. The van der Waals surface area contributed by atoms with E-state index in [1.807, 2.05) is 76.2 Å². The SMILES string of the molecule is CC[C@@H](C)NC(=O)[C@@H](CC)N(Cc1ccccc1C)C(=O)COc1ccc(I)cc1. The quantitative estimate of drug-likeness (QED) is 0.461. The fraction of sp³-hybridized carbons (Fsp3) is 0.417. The molecule has 0 aliphatic heterocycles. The van der Waals surface area contributed by atoms with Gasteiger partial charge in [-0.05, 0) is 84.7 Å². The Hall–Kier alpha value is -2.09. The number of benzene rings is 2. The molecule has 5 nitrogen and oxygen atoms in total. The first kappa shape index (κ1) is 24.2. The van der Waals surface area contributed by atoms with Gasteiger partial charge in [0.25, 0.3) is 5.91 Å². The second-order valence-corrected chi connectivity index (χ2v) is 8.68. The summed E-state index contributed by atoms with van der Waals surface area (Å²) in [4.78, 5) is 27.8. The largest absolute Gasteiger partial charge is 0.484 e. The van der Waals surface area contributed by atoms with Crippen molar-refractivity contribution in [3.8, 4) is 5.75 Å². The molecule has 2 atom stereocenters. The maximum absolute atomic E-state index is 13.2. The summed E-state index contributed by atoms with van der Waals surface area (Å²) >= 11 is 2.22. The number of aryl methyl sites for hydroxylation is 1. The molecule has 0 fully saturated rings. The molecule has 2 amide bonds. The molecule has 2 aromatic rings. The molecule has 0 spiro atoms. The van der Waals surface area contributed by atoms with Crippen LogP contribution in [0.3, 0.4) is 0 Å². The zero-order chi connectivity index (χ0) is 22.1. The number of carbonyl (C=O) groups is 2. The van der Waals surface area contributed by atoms with E-state index in [1.165, 1.54) is 0 Å². The minimum Gasteiger partial charge on any atom is -0.484 e. The van der Waals surface area contributed by atoms with E-state index in [0.717, 1.165) is 21.1 Å². The summed E-state index contributed by atoms with van der Waals surface area (Å²) in [6.45, 7) is 8.20. The van der Waals surface area contributed by atoms with Crippen LogP contribution in [0.5, 0.6) is 5.75 Å². The fourth-order valence-electron chi connectivity index (χ4n) is 3.09. The van der Waals surface area contributed by atoms with Gasteiger partial charge in [-0.15, -0.1) is 0 Å². The average Bonchev–Trinajstić information content (AvgIpc) is 2.74. The van der Waals surface area contributed by atoms with Crippen molar-refractivity contribution in [2.24, 2.45) is 0 Å². The summed E-state index contributed by atoms with van der Waals surface area (Å²) in [6, 6.07) is 15.0. The van der Waals surface area contributed by atoms with Gasteiger partial charge in [0.05, 0.1) is 0 Å². The van der Waals surface area contributed by atoms with E-state index in [9.17, 15) is 9.59 Å². The van der Waals surface area contributed by atoms with Crippen LogP contribution in [0.15, 0.2) is 48.5 Å². The van der Waals surface area contributed by atoms with Gasteiger partial charge in [-0.3, -0.25) is 9.59 Å². The Bertz CT molecular complexity index is 839. The van der Waals surface area contributed by atoms with Gasteiger partial charge in [0, 0.05) is 16.2 Å². The van der Waals surface area contributed by atoms with E-state index < -0.39 is 6.04 Å². The molecular formula is C24H31IN2O3. The number of ether oxygens (including phenoxy) is 1. The standard InChI is InChI=1S/C24H31IN2O3/c1-5-18(4)26-24(29)22(6-2)27(15-19-10-8-7-9-17(19)3)23(28)16-30-21-13-11-20(25)12-14-21/h7-14,18,22H,5-6,15-16H2,1-4H3,(H,26,29)/t18-,22-/m1/s1. The molecule has 0 radical (unpaired) electrons. The number of hydrogen-bond acceptors (Lipinski definition) is 3. The monoisotopic (exact) mass is 522 g/mol. The molecule has 0 saturated carbocycles. The predicted molar refractivity (Wildman–Crippen MR) is 128 cm³/mol. The van der Waals surface area contributed by atoms with Crippen LogP contribution in [0, 0.1) is 10.5 Å². The van der Waals surface area contributed by atoms with Crippen molar-refractivity contribution in [2.75, 3.05) is 6.61 Å². The number of hydrogen-bond donors (Lipinski definition) is 1. The van der Waals surface area contributed by atoms with E-state index in [4.69, 9.17) is 4.74 Å². The van der Waals surface area contributed by atoms with Crippen LogP contribution in [0.2, 0.25) is 0 Å². The highest BCUT2D eigenvalue weighted by atomic mass is 127. The first-order valence-electron chi connectivity index (χ1n) is 10.4. The van der Waals surface area contributed by atoms with Crippen molar-refractivity contribution in [2.45, 2.75) is 59.2 Å². The van der Waals surface area contributed by atoms with Crippen LogP contribution in [-0.4, -0.2) is 35.4 Å². The number of nitrogens with one attached hydrogen (secondary N) is 1. The Balaban J connectivity index is 2.21. The normalized spacial score (nSPS) is 12.7. The van der Waals surface area contributed by atoms with E-state index in [0.29, 0.717) is 18.7 Å². The molecule has 0 heterocycles. The molecular weight excluding hydrogens is 491 g/mol. The highest BCUT2D eigenvalue weighted by Crippen LogP contribution is 2.17. The highest BCUT2D eigenvalue weighted by molar-refractivity contribution is 14.1. The number of nitrogens with zero attached hydrogens (tertiary/aromatic N) is 1. The molecule has 6 heteroatoms. The summed E-state index contributed by atoms with van der Waals surface area (Å²) in [5, 5.41) is 3.02. The number of carbonyl (C=O) groups excluding carboxylic acids is 2. The van der Waals surface area contributed by atoms with E-state index >= 15 is 0 Å². The molecule has 1 N–H and O–H groups in total. The summed E-state index contributed by atoms with van der Waals surface area (Å²) in [5.74, 6) is 0.308. The summed E-state index contributed by atoms with van der Waals surface area (Å²) in [7, 11) is 0. The Morgan fingerprint density at radius 1 is 1.07 bits per heavy atom. The topological polar surface area (TPSA) is 58.6 Å². The van der Waals surface area contributed by atoms with Crippen molar-refractivity contribution >= 4 is 34.4 Å². The van der Waals surface area contributed by atoms with Gasteiger partial charge in [-0.25, -0.2) is 0 Å². The first-order chi connectivity index (χ1) is 14.3. The Morgan fingerprint density at radius 2 is 1.73 bits per heavy atom. The van der Waals surface area contributed by atoms with Gasteiger partial charge in [-0.1, -0.05) is 38.1 Å². The zero-order valence-electron chi connectivity index (χ0n) is 18.2. The van der Waals surface area contributed by atoms with Crippen molar-refractivity contribution in [3.05, 3.63) is 63.2 Å². The molecule has 2 rings (SSSR count). The second kappa shape index (κ2) is 11.9. The molecule has 0 aliphatic rings. The molecule has 0 bridgehead atoms. The number of rotatable bonds is 10. The van der Waals surface area contributed by atoms with Crippen molar-refractivity contribution in [1.82, 2.24) is 10.2 Å². The van der Waals surface area contributed by atoms with Crippen LogP contribution in [0.4, 0.5) is 0 Å². The van der Waals surface area contributed by atoms with Crippen LogP contribution in [0.1, 0.15) is 44.7 Å². The van der Waals surface area contributed by atoms with Crippen LogP contribution in [-0.2, 0) is 16.1 Å². The zero-order valence-corrected chi connectivity index (χ0v) is 20.3. The summed E-state index contributed by atoms with van der Waals surface area (Å²) in [6.07, 6.45) is 1.37. The smallest absolute Gasteiger partial charge is 0.261 e. The fourth-order valence-corrected chi connectivity index (χ4v) is 3.45. The lowest BCUT2D eigenvalue weighted by atomic mass is 10.1. The molecule has 162 valence electrons. The summed E-state index contributed by atoms with van der Waals surface area (Å²) in [5.41, 5.74) is 2.11. The van der Waals surface area contributed by atoms with Crippen LogP contribution in [0.25, 0.3) is 0 Å². The number of halogens is 1. The second-order valence-electron chi connectivity index (χ2n) is 7.43. The third-order valence-corrected chi connectivity index (χ3v) is 5.88. The van der Waals surface area contributed by atoms with Crippen molar-refractivity contribution in [3.63, 3.8) is 0 Å². The van der Waals surface area contributed by atoms with Crippen molar-refractivity contribution in [1.29, 1.82) is 0 Å². The number of amides is 2. The molecule has 30 heavy (non-hydrogen) atoms. The predicted octanol–water partition coefficient (Wildman–Crippen LogP) is 4.70. The molecule has 0 aliphatic carbocycles. The molecule has 0 saturated heterocycles. The lowest BCUT2D eigenvalue weighted by Crippen LogP contribution is -2.51. The van der Waals surface area contributed by atoms with Gasteiger partial charge in [0.1, 0.15) is 11.8 Å². The highest BCUT2D eigenvalue weighted by Gasteiger charge is 2.29. The van der Waals surface area contributed by atoms with Gasteiger partial charge >= 0.3 is 0 Å². The van der Waals surface area contributed by atoms with E-state index in [2.05, 4.69) is 27.9 Å². The van der Waals surface area contributed by atoms with E-state index in [1.54, 1.807) is 4.90 Å². The van der Waals surface area contributed by atoms with Gasteiger partial charge in [0.15, 0.2) is 6.61 Å². The minimum absolute atomic E-state index is 0.0602. The maximum atomic E-state index is 13.2. The van der Waals surface area contributed by atoms with Crippen LogP contribution < -0.4 is 10.1 Å². The minimum atomic E-state index is -0.550. The van der Waals surface area contributed by atoms with Crippen molar-refractivity contribution < 1.29 is 14.3 Å².